The highest BCUT2D eigenvalue weighted by molar-refractivity contribution is 7.89. The van der Waals surface area contributed by atoms with Crippen LogP contribution in [0.15, 0.2) is 23.1 Å². The maximum Gasteiger partial charge on any atom is 0.244 e. The van der Waals surface area contributed by atoms with Crippen LogP contribution in [0.3, 0.4) is 0 Å². The first-order chi connectivity index (χ1) is 11.7. The lowest BCUT2D eigenvalue weighted by Crippen LogP contribution is -2.51. The predicted octanol–water partition coefficient (Wildman–Crippen LogP) is 2.21. The molecule has 0 bridgehead atoms. The van der Waals surface area contributed by atoms with E-state index >= 15 is 0 Å². The van der Waals surface area contributed by atoms with Crippen LogP contribution in [0.2, 0.25) is 10.0 Å². The highest BCUT2D eigenvalue weighted by Crippen LogP contribution is 2.28. The van der Waals surface area contributed by atoms with Crippen LogP contribution in [0.4, 0.5) is 0 Å². The van der Waals surface area contributed by atoms with E-state index in [1.165, 1.54) is 16.4 Å². The van der Waals surface area contributed by atoms with Crippen LogP contribution in [0.5, 0.6) is 0 Å². The molecule has 0 saturated carbocycles. The van der Waals surface area contributed by atoms with Crippen molar-refractivity contribution in [2.24, 2.45) is 0 Å². The van der Waals surface area contributed by atoms with E-state index in [1.807, 2.05) is 18.7 Å². The SMILES string of the molecule is CC[C@H](C)NC(=O)CN1CCN(S(=O)(=O)c2cc(Cl)ccc2Cl)CC1. The standard InChI is InChI=1S/C16H23Cl2N3O3S/c1-3-12(2)19-16(22)11-20-6-8-21(9-7-20)25(23,24)15-10-13(17)4-5-14(15)18/h4-5,10,12H,3,6-9,11H2,1-2H3,(H,19,22)/t12-/m0/s1. The van der Waals surface area contributed by atoms with E-state index in [0.717, 1.165) is 6.42 Å². The van der Waals surface area contributed by atoms with E-state index in [4.69, 9.17) is 23.2 Å². The molecule has 25 heavy (non-hydrogen) atoms. The van der Waals surface area contributed by atoms with Crippen molar-refractivity contribution >= 4 is 39.1 Å². The number of hydrogen-bond donors (Lipinski definition) is 1. The number of rotatable bonds is 6. The second kappa shape index (κ2) is 8.68. The number of hydrogen-bond acceptors (Lipinski definition) is 4. The van der Waals surface area contributed by atoms with E-state index in [9.17, 15) is 13.2 Å². The molecule has 0 unspecified atom stereocenters. The maximum absolute atomic E-state index is 12.8. The zero-order valence-corrected chi connectivity index (χ0v) is 16.7. The average Bonchev–Trinajstić information content (AvgIpc) is 2.57. The van der Waals surface area contributed by atoms with E-state index in [-0.39, 0.29) is 28.4 Å². The Kier molecular flexibility index (Phi) is 7.10. The smallest absolute Gasteiger partial charge is 0.244 e. The molecule has 0 radical (unpaired) electrons. The summed E-state index contributed by atoms with van der Waals surface area (Å²) < 4.78 is 26.9. The third-order valence-electron chi connectivity index (χ3n) is 4.23. The summed E-state index contributed by atoms with van der Waals surface area (Å²) in [6, 6.07) is 4.54. The van der Waals surface area contributed by atoms with Gasteiger partial charge in [-0.15, -0.1) is 0 Å². The highest BCUT2D eigenvalue weighted by Gasteiger charge is 2.30. The quantitative estimate of drug-likeness (QED) is 0.784. The fourth-order valence-electron chi connectivity index (χ4n) is 2.57. The van der Waals surface area contributed by atoms with E-state index in [2.05, 4.69) is 5.32 Å². The topological polar surface area (TPSA) is 69.7 Å². The van der Waals surface area contributed by atoms with Crippen LogP contribution >= 0.6 is 23.2 Å². The summed E-state index contributed by atoms with van der Waals surface area (Å²) in [5, 5.41) is 3.39. The van der Waals surface area contributed by atoms with Gasteiger partial charge >= 0.3 is 0 Å². The summed E-state index contributed by atoms with van der Waals surface area (Å²) in [4.78, 5) is 13.9. The van der Waals surface area contributed by atoms with Crippen LogP contribution in [0.25, 0.3) is 0 Å². The Balaban J connectivity index is 1.97. The first-order valence-corrected chi connectivity index (χ1v) is 10.4. The Hall–Kier alpha value is -0.860. The Morgan fingerprint density at radius 3 is 2.48 bits per heavy atom. The number of sulfonamides is 1. The summed E-state index contributed by atoms with van der Waals surface area (Å²) in [5.41, 5.74) is 0. The molecule has 0 aliphatic carbocycles. The third-order valence-corrected chi connectivity index (χ3v) is 6.84. The van der Waals surface area contributed by atoms with Crippen LogP contribution in [0.1, 0.15) is 20.3 Å². The largest absolute Gasteiger partial charge is 0.353 e. The monoisotopic (exact) mass is 407 g/mol. The lowest BCUT2D eigenvalue weighted by atomic mass is 10.2. The van der Waals surface area contributed by atoms with Crippen molar-refractivity contribution in [1.29, 1.82) is 0 Å². The molecule has 1 saturated heterocycles. The van der Waals surface area contributed by atoms with Gasteiger partial charge in [0.2, 0.25) is 15.9 Å². The number of carbonyl (C=O) groups is 1. The Morgan fingerprint density at radius 1 is 1.24 bits per heavy atom. The molecule has 1 aliphatic rings. The number of benzene rings is 1. The molecule has 6 nitrogen and oxygen atoms in total. The van der Waals surface area contributed by atoms with Gasteiger partial charge in [0.25, 0.3) is 0 Å². The molecule has 1 fully saturated rings. The van der Waals surface area contributed by atoms with E-state index in [1.54, 1.807) is 6.07 Å². The van der Waals surface area contributed by atoms with Gasteiger partial charge in [-0.3, -0.25) is 9.69 Å². The van der Waals surface area contributed by atoms with Gasteiger partial charge in [-0.1, -0.05) is 30.1 Å². The summed E-state index contributed by atoms with van der Waals surface area (Å²) in [6.45, 7) is 5.84. The molecule has 140 valence electrons. The summed E-state index contributed by atoms with van der Waals surface area (Å²) in [6.07, 6.45) is 0.873. The molecule has 0 spiro atoms. The molecular formula is C16H23Cl2N3O3S. The van der Waals surface area contributed by atoms with E-state index < -0.39 is 10.0 Å². The number of halogens is 2. The van der Waals surface area contributed by atoms with Gasteiger partial charge < -0.3 is 5.32 Å². The van der Waals surface area contributed by atoms with Crippen molar-refractivity contribution in [2.45, 2.75) is 31.2 Å². The van der Waals surface area contributed by atoms with Gasteiger partial charge in [0.15, 0.2) is 0 Å². The fraction of sp³-hybridized carbons (Fsp3) is 0.562. The van der Waals surface area contributed by atoms with Gasteiger partial charge in [0, 0.05) is 37.2 Å². The summed E-state index contributed by atoms with van der Waals surface area (Å²) >= 11 is 11.9. The first kappa shape index (κ1) is 20.5. The van der Waals surface area contributed by atoms with Gasteiger partial charge in [0.1, 0.15) is 4.90 Å². The van der Waals surface area contributed by atoms with Crippen LogP contribution in [0, 0.1) is 0 Å². The minimum absolute atomic E-state index is 0.0182. The first-order valence-electron chi connectivity index (χ1n) is 8.21. The average molecular weight is 408 g/mol. The minimum atomic E-state index is -3.70. The molecule has 1 atom stereocenters. The van der Waals surface area contributed by atoms with Gasteiger partial charge in [-0.05, 0) is 31.5 Å². The fourth-order valence-corrected chi connectivity index (χ4v) is 4.73. The molecule has 1 heterocycles. The lowest BCUT2D eigenvalue weighted by molar-refractivity contribution is -0.123. The molecule has 1 aliphatic heterocycles. The second-order valence-corrected chi connectivity index (χ2v) is 8.88. The molecule has 0 aromatic heterocycles. The molecule has 1 N–H and O–H groups in total. The zero-order valence-electron chi connectivity index (χ0n) is 14.3. The minimum Gasteiger partial charge on any atom is -0.353 e. The second-order valence-electron chi connectivity index (χ2n) is 6.13. The normalized spacial score (nSPS) is 18.1. The number of piperazine rings is 1. The Morgan fingerprint density at radius 2 is 1.88 bits per heavy atom. The highest BCUT2D eigenvalue weighted by atomic mass is 35.5. The Labute approximate surface area is 159 Å². The molecule has 2 rings (SSSR count). The lowest BCUT2D eigenvalue weighted by Gasteiger charge is -2.33. The summed E-state index contributed by atoms with van der Waals surface area (Å²) in [5.74, 6) is -0.0384. The maximum atomic E-state index is 12.8. The molecule has 1 amide bonds. The van der Waals surface area contributed by atoms with Gasteiger partial charge in [-0.25, -0.2) is 8.42 Å². The molecule has 9 heteroatoms. The van der Waals surface area contributed by atoms with Crippen LogP contribution < -0.4 is 5.32 Å². The number of amides is 1. The van der Waals surface area contributed by atoms with Crippen LogP contribution in [-0.4, -0.2) is 62.3 Å². The molecule has 1 aromatic rings. The number of carbonyl (C=O) groups excluding carboxylic acids is 1. The van der Waals surface area contributed by atoms with E-state index in [0.29, 0.717) is 31.2 Å². The zero-order chi connectivity index (χ0) is 18.6. The van der Waals surface area contributed by atoms with Crippen molar-refractivity contribution in [3.05, 3.63) is 28.2 Å². The summed E-state index contributed by atoms with van der Waals surface area (Å²) in [7, 11) is -3.70. The van der Waals surface area contributed by atoms with Crippen molar-refractivity contribution in [1.82, 2.24) is 14.5 Å². The van der Waals surface area contributed by atoms with Crippen molar-refractivity contribution in [3.8, 4) is 0 Å². The van der Waals surface area contributed by atoms with Crippen molar-refractivity contribution in [3.63, 3.8) is 0 Å². The van der Waals surface area contributed by atoms with Gasteiger partial charge in [-0.2, -0.15) is 4.31 Å². The molecular weight excluding hydrogens is 385 g/mol. The van der Waals surface area contributed by atoms with Crippen molar-refractivity contribution in [2.75, 3.05) is 32.7 Å². The predicted molar refractivity (Wildman–Crippen MR) is 99.6 cm³/mol. The van der Waals surface area contributed by atoms with Crippen LogP contribution in [-0.2, 0) is 14.8 Å². The third kappa shape index (κ3) is 5.31. The Bertz CT molecular complexity index is 719. The number of nitrogens with one attached hydrogen (secondary N) is 1. The molecule has 1 aromatic carbocycles. The van der Waals surface area contributed by atoms with Crippen molar-refractivity contribution < 1.29 is 13.2 Å². The number of nitrogens with zero attached hydrogens (tertiary/aromatic N) is 2. The van der Waals surface area contributed by atoms with Gasteiger partial charge in [0.05, 0.1) is 11.6 Å².